The van der Waals surface area contributed by atoms with E-state index < -0.39 is 66.6 Å². The highest BCUT2D eigenvalue weighted by molar-refractivity contribution is 5.91. The van der Waals surface area contributed by atoms with Crippen molar-refractivity contribution >= 4 is 41.8 Å². The van der Waals surface area contributed by atoms with Gasteiger partial charge in [0.05, 0.1) is 19.7 Å². The Hall–Kier alpha value is -4.57. The van der Waals surface area contributed by atoms with Crippen LogP contribution in [0, 0.1) is 11.3 Å². The third kappa shape index (κ3) is 21.3. The standard InChI is InChI=1S/C17H26N6O5.C8H16N2O3.C3H7NO3/c18-9-14(24)27-11-5-3-10(4-6-11)8-13(20)16(26)28-15(25)12(19)2-1-7-23-17(21)22;1-3-5(2)7(10)8(12)13-6(11)4-9;4-2(1-5)3(6)7/h3-6,12-13H,1-2,7-9,18-20H2,(H4,21,22,23);5,7H,3-4,9-10H2,1-2H3;2,5H,1,4H2,(H,6,7)/t12-,13-;5-,7-;2-/m000/s1. The van der Waals surface area contributed by atoms with Crippen LogP contribution >= 0.6 is 0 Å². The number of hydrogen-bond acceptors (Lipinski definition) is 17. The molecular formula is C28H49N9O11. The minimum Gasteiger partial charge on any atom is -0.480 e. The molecule has 1 aromatic carbocycles. The Labute approximate surface area is 277 Å². The van der Waals surface area contributed by atoms with Crippen molar-refractivity contribution in [2.75, 3.05) is 26.2 Å². The normalized spacial score (nSPS) is 13.3. The van der Waals surface area contributed by atoms with E-state index in [2.05, 4.69) is 10.1 Å². The van der Waals surface area contributed by atoms with Crippen LogP contribution in [-0.2, 0) is 44.7 Å². The predicted molar refractivity (Wildman–Crippen MR) is 171 cm³/mol. The molecular weight excluding hydrogens is 638 g/mol. The molecule has 0 radical (unpaired) electrons. The molecule has 0 aliphatic rings. The molecule has 18 N–H and O–H groups in total. The van der Waals surface area contributed by atoms with Gasteiger partial charge in [-0.05, 0) is 42.9 Å². The molecule has 48 heavy (non-hydrogen) atoms. The van der Waals surface area contributed by atoms with Gasteiger partial charge in [-0.15, -0.1) is 0 Å². The number of nitrogens with one attached hydrogen (secondary N) is 2. The summed E-state index contributed by atoms with van der Waals surface area (Å²) in [5.41, 5.74) is 37.7. The van der Waals surface area contributed by atoms with E-state index in [4.69, 9.17) is 65.2 Å². The lowest BCUT2D eigenvalue weighted by Crippen LogP contribution is -2.41. The number of benzene rings is 1. The third-order valence-electron chi connectivity index (χ3n) is 6.02. The summed E-state index contributed by atoms with van der Waals surface area (Å²) in [6.07, 6.45) is 1.60. The van der Waals surface area contributed by atoms with E-state index in [1.807, 2.05) is 13.8 Å². The molecule has 272 valence electrons. The number of aliphatic hydroxyl groups excluding tert-OH is 1. The SMILES string of the molecule is CC[C@H](C)[C@H](N)C(=O)OC(=O)CN.N=C(N)NCCC[C@H](N)C(=O)OC(=O)[C@@H](N)Cc1ccc(OC(=O)CN)cc1.N[C@@H](CO)C(=O)O. The van der Waals surface area contributed by atoms with Crippen LogP contribution in [0.3, 0.4) is 0 Å². The highest BCUT2D eigenvalue weighted by atomic mass is 16.6. The maximum Gasteiger partial charge on any atom is 0.330 e. The molecule has 0 aliphatic carbocycles. The van der Waals surface area contributed by atoms with Gasteiger partial charge in [-0.1, -0.05) is 32.4 Å². The van der Waals surface area contributed by atoms with Crippen LogP contribution < -0.4 is 50.2 Å². The van der Waals surface area contributed by atoms with Crippen molar-refractivity contribution in [3.8, 4) is 5.75 Å². The van der Waals surface area contributed by atoms with Crippen LogP contribution in [0.2, 0.25) is 0 Å². The van der Waals surface area contributed by atoms with E-state index in [0.717, 1.165) is 6.42 Å². The quantitative estimate of drug-likeness (QED) is 0.0196. The summed E-state index contributed by atoms with van der Waals surface area (Å²) in [4.78, 5) is 66.3. The summed E-state index contributed by atoms with van der Waals surface area (Å²) >= 11 is 0. The number of esters is 5. The van der Waals surface area contributed by atoms with Crippen LogP contribution in [0.1, 0.15) is 38.7 Å². The van der Waals surface area contributed by atoms with Gasteiger partial charge >= 0.3 is 35.8 Å². The first-order valence-electron chi connectivity index (χ1n) is 14.6. The van der Waals surface area contributed by atoms with Crippen LogP contribution in [0.5, 0.6) is 5.75 Å². The number of guanidine groups is 1. The molecule has 20 heteroatoms. The van der Waals surface area contributed by atoms with Crippen LogP contribution in [0.25, 0.3) is 0 Å². The first-order valence-corrected chi connectivity index (χ1v) is 14.6. The Morgan fingerprint density at radius 2 is 1.40 bits per heavy atom. The van der Waals surface area contributed by atoms with E-state index in [0.29, 0.717) is 24.3 Å². The average molecular weight is 688 g/mol. The van der Waals surface area contributed by atoms with Gasteiger partial charge in [0, 0.05) is 6.54 Å². The number of carbonyl (C=O) groups excluding carboxylic acids is 5. The molecule has 0 spiro atoms. The highest BCUT2D eigenvalue weighted by Gasteiger charge is 2.24. The Bertz CT molecular complexity index is 1190. The fourth-order valence-corrected chi connectivity index (χ4v) is 2.90. The second-order valence-corrected chi connectivity index (χ2v) is 10.00. The maximum absolute atomic E-state index is 12.0. The predicted octanol–water partition coefficient (Wildman–Crippen LogP) is -4.14. The molecule has 0 saturated heterocycles. The lowest BCUT2D eigenvalue weighted by Gasteiger charge is -2.15. The monoisotopic (exact) mass is 687 g/mol. The van der Waals surface area contributed by atoms with Gasteiger partial charge in [-0.3, -0.25) is 19.8 Å². The number of aliphatic carboxylic acids is 1. The molecule has 0 fully saturated rings. The molecule has 1 rings (SSSR count). The second-order valence-electron chi connectivity index (χ2n) is 10.00. The zero-order valence-corrected chi connectivity index (χ0v) is 27.0. The first-order chi connectivity index (χ1) is 22.4. The lowest BCUT2D eigenvalue weighted by atomic mass is 10.0. The highest BCUT2D eigenvalue weighted by Crippen LogP contribution is 2.14. The fourth-order valence-electron chi connectivity index (χ4n) is 2.90. The molecule has 20 nitrogen and oxygen atoms in total. The van der Waals surface area contributed by atoms with E-state index in [-0.39, 0.29) is 37.8 Å². The van der Waals surface area contributed by atoms with Gasteiger partial charge in [0.15, 0.2) is 5.96 Å². The summed E-state index contributed by atoms with van der Waals surface area (Å²) in [7, 11) is 0. The average Bonchev–Trinajstić information content (AvgIpc) is 3.06. The van der Waals surface area contributed by atoms with Crippen molar-refractivity contribution in [2.24, 2.45) is 46.1 Å². The molecule has 0 saturated carbocycles. The molecule has 0 amide bonds. The Morgan fingerprint density at radius 1 is 0.854 bits per heavy atom. The summed E-state index contributed by atoms with van der Waals surface area (Å²) in [6, 6.07) is 2.41. The van der Waals surface area contributed by atoms with E-state index in [9.17, 15) is 28.8 Å². The maximum atomic E-state index is 12.0. The minimum atomic E-state index is -1.18. The zero-order valence-electron chi connectivity index (χ0n) is 27.0. The van der Waals surface area contributed by atoms with Crippen molar-refractivity contribution in [2.45, 2.75) is 63.7 Å². The molecule has 0 aromatic heterocycles. The summed E-state index contributed by atoms with van der Waals surface area (Å²) in [6.45, 7) is 3.05. The van der Waals surface area contributed by atoms with Crippen molar-refractivity contribution in [3.05, 3.63) is 29.8 Å². The van der Waals surface area contributed by atoms with Gasteiger partial charge in [0.25, 0.3) is 0 Å². The Morgan fingerprint density at radius 3 is 1.83 bits per heavy atom. The first kappa shape index (κ1) is 45.6. The van der Waals surface area contributed by atoms with Crippen LogP contribution in [-0.4, -0.2) is 102 Å². The van der Waals surface area contributed by atoms with Gasteiger partial charge in [-0.2, -0.15) is 0 Å². The van der Waals surface area contributed by atoms with Gasteiger partial charge < -0.3 is 69.9 Å². The van der Waals surface area contributed by atoms with Gasteiger partial charge in [0.1, 0.15) is 29.9 Å². The number of carboxylic acids is 1. The topological polar surface area (TPSA) is 389 Å². The molecule has 0 unspecified atom stereocenters. The zero-order chi connectivity index (χ0) is 37.4. The number of ether oxygens (including phenoxy) is 3. The van der Waals surface area contributed by atoms with E-state index in [1.165, 1.54) is 12.1 Å². The van der Waals surface area contributed by atoms with E-state index in [1.54, 1.807) is 12.1 Å². The summed E-state index contributed by atoms with van der Waals surface area (Å²) in [5.74, 6) is -4.82. The van der Waals surface area contributed by atoms with Crippen LogP contribution in [0.15, 0.2) is 24.3 Å². The van der Waals surface area contributed by atoms with Crippen molar-refractivity contribution < 1.29 is 53.2 Å². The molecule has 0 bridgehead atoms. The van der Waals surface area contributed by atoms with Crippen molar-refractivity contribution in [3.63, 3.8) is 0 Å². The number of aliphatic hydroxyl groups is 1. The summed E-state index contributed by atoms with van der Waals surface area (Å²) in [5, 5.41) is 25.5. The largest absolute Gasteiger partial charge is 0.480 e. The summed E-state index contributed by atoms with van der Waals surface area (Å²) < 4.78 is 14.0. The number of carbonyl (C=O) groups is 6. The Balaban J connectivity index is 0. The minimum absolute atomic E-state index is 0.00178. The second kappa shape index (κ2) is 25.5. The third-order valence-corrected chi connectivity index (χ3v) is 6.02. The fraction of sp³-hybridized carbons (Fsp3) is 0.536. The Kier molecular flexibility index (Phi) is 24.2. The van der Waals surface area contributed by atoms with Gasteiger partial charge in [0.2, 0.25) is 0 Å². The number of hydrogen-bond donors (Lipinski definition) is 11. The molecule has 5 atom stereocenters. The van der Waals surface area contributed by atoms with Crippen molar-refractivity contribution in [1.82, 2.24) is 5.32 Å². The number of nitrogens with two attached hydrogens (primary N) is 7. The number of rotatable bonds is 16. The smallest absolute Gasteiger partial charge is 0.330 e. The molecule has 1 aromatic rings. The molecule has 0 aliphatic heterocycles. The van der Waals surface area contributed by atoms with E-state index >= 15 is 0 Å². The number of carboxylic acid groups (broad SMARTS) is 1. The van der Waals surface area contributed by atoms with Crippen LogP contribution in [0.4, 0.5) is 0 Å². The van der Waals surface area contributed by atoms with Gasteiger partial charge in [-0.25, -0.2) is 14.4 Å². The van der Waals surface area contributed by atoms with Crippen molar-refractivity contribution in [1.29, 1.82) is 5.41 Å². The molecule has 0 heterocycles. The lowest BCUT2D eigenvalue weighted by molar-refractivity contribution is -0.162.